The van der Waals surface area contributed by atoms with Crippen molar-refractivity contribution in [1.82, 2.24) is 4.72 Å². The minimum absolute atomic E-state index is 0.0605. The first-order chi connectivity index (χ1) is 9.27. The second-order valence-corrected chi connectivity index (χ2v) is 6.02. The van der Waals surface area contributed by atoms with Crippen molar-refractivity contribution < 1.29 is 23.1 Å². The van der Waals surface area contributed by atoms with Gasteiger partial charge in [-0.25, -0.2) is 17.9 Å². The normalized spacial score (nSPS) is 12.9. The molecular formula is C12H18N2O5S. The number of esters is 1. The van der Waals surface area contributed by atoms with Gasteiger partial charge in [-0.3, -0.25) is 0 Å². The van der Waals surface area contributed by atoms with Gasteiger partial charge in [0.25, 0.3) is 0 Å². The topological polar surface area (TPSA) is 119 Å². The molecule has 0 heterocycles. The predicted octanol–water partition coefficient (Wildman–Crippen LogP) is 0.105. The highest BCUT2D eigenvalue weighted by Crippen LogP contribution is 2.19. The van der Waals surface area contributed by atoms with E-state index in [0.717, 1.165) is 7.11 Å². The van der Waals surface area contributed by atoms with Crippen molar-refractivity contribution in [3.63, 3.8) is 0 Å². The molecule has 0 amide bonds. The van der Waals surface area contributed by atoms with Gasteiger partial charge in [-0.15, -0.1) is 0 Å². The molecule has 4 N–H and O–H groups in total. The second kappa shape index (κ2) is 6.69. The fourth-order valence-electron chi connectivity index (χ4n) is 1.53. The Balaban J connectivity index is 3.08. The van der Waals surface area contributed by atoms with Crippen LogP contribution >= 0.6 is 0 Å². The van der Waals surface area contributed by atoms with Gasteiger partial charge in [0, 0.05) is 12.2 Å². The van der Waals surface area contributed by atoms with Crippen molar-refractivity contribution >= 4 is 21.7 Å². The highest BCUT2D eigenvalue weighted by atomic mass is 32.2. The van der Waals surface area contributed by atoms with Gasteiger partial charge in [-0.2, -0.15) is 0 Å². The van der Waals surface area contributed by atoms with Gasteiger partial charge in [0.2, 0.25) is 10.0 Å². The predicted molar refractivity (Wildman–Crippen MR) is 73.7 cm³/mol. The Labute approximate surface area is 117 Å². The summed E-state index contributed by atoms with van der Waals surface area (Å²) in [6, 6.07) is 3.87. The van der Waals surface area contributed by atoms with Gasteiger partial charge >= 0.3 is 5.97 Å². The number of methoxy groups -OCH3 is 1. The van der Waals surface area contributed by atoms with Crippen LogP contribution in [0.3, 0.4) is 0 Å². The van der Waals surface area contributed by atoms with Crippen LogP contribution in [0.4, 0.5) is 5.69 Å². The van der Waals surface area contributed by atoms with Crippen LogP contribution in [0.5, 0.6) is 0 Å². The van der Waals surface area contributed by atoms with Crippen molar-refractivity contribution in [3.05, 3.63) is 23.8 Å². The zero-order valence-electron chi connectivity index (χ0n) is 11.3. The van der Waals surface area contributed by atoms with Gasteiger partial charge in [0.1, 0.15) is 0 Å². The van der Waals surface area contributed by atoms with Crippen LogP contribution in [-0.4, -0.2) is 39.3 Å². The number of nitrogens with one attached hydrogen (secondary N) is 1. The molecule has 0 radical (unpaired) electrons. The Morgan fingerprint density at radius 2 is 2.15 bits per heavy atom. The first kappa shape index (κ1) is 16.4. The van der Waals surface area contributed by atoms with E-state index in [1.54, 1.807) is 6.92 Å². The van der Waals surface area contributed by atoms with E-state index in [-0.39, 0.29) is 29.1 Å². The molecule has 7 nitrogen and oxygen atoms in total. The maximum Gasteiger partial charge on any atom is 0.339 e. The SMILES string of the molecule is COC(=O)c1cc(N)ccc1S(=O)(=O)NCCC(C)O. The maximum absolute atomic E-state index is 12.1. The van der Waals surface area contributed by atoms with E-state index in [9.17, 15) is 13.2 Å². The van der Waals surface area contributed by atoms with E-state index >= 15 is 0 Å². The molecule has 0 fully saturated rings. The number of hydrogen-bond acceptors (Lipinski definition) is 6. The maximum atomic E-state index is 12.1. The summed E-state index contributed by atoms with van der Waals surface area (Å²) < 4.78 is 31.1. The number of carbonyl (C=O) groups is 1. The average Bonchev–Trinajstić information content (AvgIpc) is 2.36. The Morgan fingerprint density at radius 1 is 1.50 bits per heavy atom. The summed E-state index contributed by atoms with van der Waals surface area (Å²) in [5.41, 5.74) is 5.68. The van der Waals surface area contributed by atoms with E-state index in [4.69, 9.17) is 10.8 Å². The molecule has 1 rings (SSSR count). The second-order valence-electron chi connectivity index (χ2n) is 4.28. The number of aliphatic hydroxyl groups excluding tert-OH is 1. The van der Waals surface area contributed by atoms with Crippen molar-refractivity contribution in [2.45, 2.75) is 24.3 Å². The summed E-state index contributed by atoms with van der Waals surface area (Å²) in [4.78, 5) is 11.4. The van der Waals surface area contributed by atoms with Crippen molar-refractivity contribution in [3.8, 4) is 0 Å². The quantitative estimate of drug-likeness (QED) is 0.507. The number of rotatable bonds is 6. The van der Waals surface area contributed by atoms with Gasteiger partial charge in [-0.05, 0) is 31.5 Å². The molecule has 0 saturated carbocycles. The van der Waals surface area contributed by atoms with Crippen LogP contribution < -0.4 is 10.5 Å². The summed E-state index contributed by atoms with van der Waals surface area (Å²) in [5.74, 6) is -0.784. The molecule has 112 valence electrons. The lowest BCUT2D eigenvalue weighted by molar-refractivity contribution is 0.0596. The zero-order valence-corrected chi connectivity index (χ0v) is 12.1. The fraction of sp³-hybridized carbons (Fsp3) is 0.417. The molecule has 0 saturated heterocycles. The molecule has 1 aromatic rings. The molecular weight excluding hydrogens is 284 g/mol. The Kier molecular flexibility index (Phi) is 5.49. The molecule has 8 heteroatoms. The summed E-state index contributed by atoms with van der Waals surface area (Å²) in [7, 11) is -2.72. The lowest BCUT2D eigenvalue weighted by Crippen LogP contribution is -2.28. The number of nitrogens with two attached hydrogens (primary N) is 1. The molecule has 0 aliphatic rings. The van der Waals surface area contributed by atoms with Crippen molar-refractivity contribution in [2.75, 3.05) is 19.4 Å². The lowest BCUT2D eigenvalue weighted by atomic mass is 10.2. The molecule has 0 aliphatic heterocycles. The molecule has 0 aromatic heterocycles. The van der Waals surface area contributed by atoms with E-state index in [1.165, 1.54) is 18.2 Å². The Morgan fingerprint density at radius 3 is 2.70 bits per heavy atom. The highest BCUT2D eigenvalue weighted by molar-refractivity contribution is 7.89. The van der Waals surface area contributed by atoms with E-state index in [0.29, 0.717) is 0 Å². The largest absolute Gasteiger partial charge is 0.465 e. The van der Waals surface area contributed by atoms with E-state index < -0.39 is 22.1 Å². The van der Waals surface area contributed by atoms with Gasteiger partial charge in [0.15, 0.2) is 0 Å². The summed E-state index contributed by atoms with van der Waals surface area (Å²) in [6.45, 7) is 1.61. The third-order valence-corrected chi connectivity index (χ3v) is 4.07. The number of benzene rings is 1. The van der Waals surface area contributed by atoms with Crippen LogP contribution in [0.2, 0.25) is 0 Å². The number of anilines is 1. The third kappa shape index (κ3) is 4.19. The lowest BCUT2D eigenvalue weighted by Gasteiger charge is -2.11. The number of sulfonamides is 1. The zero-order chi connectivity index (χ0) is 15.3. The number of hydrogen-bond donors (Lipinski definition) is 3. The van der Waals surface area contributed by atoms with Gasteiger partial charge in [0.05, 0.1) is 23.7 Å². The van der Waals surface area contributed by atoms with Crippen LogP contribution in [0, 0.1) is 0 Å². The minimum atomic E-state index is -3.88. The van der Waals surface area contributed by atoms with Crippen LogP contribution in [0.15, 0.2) is 23.1 Å². The fourth-order valence-corrected chi connectivity index (χ4v) is 2.75. The number of nitrogen functional groups attached to an aromatic ring is 1. The Bertz CT molecular complexity index is 584. The highest BCUT2D eigenvalue weighted by Gasteiger charge is 2.23. The van der Waals surface area contributed by atoms with E-state index in [2.05, 4.69) is 9.46 Å². The molecule has 0 spiro atoms. The molecule has 1 atom stereocenters. The molecule has 20 heavy (non-hydrogen) atoms. The molecule has 0 aliphatic carbocycles. The van der Waals surface area contributed by atoms with Gasteiger partial charge < -0.3 is 15.6 Å². The molecule has 1 aromatic carbocycles. The van der Waals surface area contributed by atoms with Crippen LogP contribution in [-0.2, 0) is 14.8 Å². The first-order valence-corrected chi connectivity index (χ1v) is 7.42. The number of carbonyl (C=O) groups excluding carboxylic acids is 1. The van der Waals surface area contributed by atoms with Gasteiger partial charge in [-0.1, -0.05) is 0 Å². The molecule has 0 bridgehead atoms. The van der Waals surface area contributed by atoms with Crippen molar-refractivity contribution in [2.24, 2.45) is 0 Å². The monoisotopic (exact) mass is 302 g/mol. The average molecular weight is 302 g/mol. The van der Waals surface area contributed by atoms with E-state index in [1.807, 2.05) is 0 Å². The Hall–Kier alpha value is -1.64. The van der Waals surface area contributed by atoms with Crippen molar-refractivity contribution in [1.29, 1.82) is 0 Å². The number of ether oxygens (including phenoxy) is 1. The minimum Gasteiger partial charge on any atom is -0.465 e. The smallest absolute Gasteiger partial charge is 0.339 e. The standard InChI is InChI=1S/C12H18N2O5S/c1-8(15)5-6-14-20(17,18)11-4-3-9(13)7-10(11)12(16)19-2/h3-4,7-8,14-15H,5-6,13H2,1-2H3. The van der Waals surface area contributed by atoms with Crippen LogP contribution in [0.25, 0.3) is 0 Å². The van der Waals surface area contributed by atoms with Crippen LogP contribution in [0.1, 0.15) is 23.7 Å². The summed E-state index contributed by atoms with van der Waals surface area (Å²) >= 11 is 0. The first-order valence-electron chi connectivity index (χ1n) is 5.93. The summed E-state index contributed by atoms with van der Waals surface area (Å²) in [5, 5.41) is 9.11. The third-order valence-electron chi connectivity index (χ3n) is 2.55. The summed E-state index contributed by atoms with van der Waals surface area (Å²) in [6.07, 6.45) is -0.355. The molecule has 1 unspecified atom stereocenters. The number of aliphatic hydroxyl groups is 1.